The van der Waals surface area contributed by atoms with Crippen LogP contribution in [0, 0.1) is 11.3 Å². The van der Waals surface area contributed by atoms with Gasteiger partial charge in [-0.25, -0.2) is 4.98 Å². The van der Waals surface area contributed by atoms with Crippen molar-refractivity contribution in [2.75, 3.05) is 5.32 Å². The van der Waals surface area contributed by atoms with Crippen molar-refractivity contribution in [1.29, 1.82) is 5.26 Å². The van der Waals surface area contributed by atoms with Gasteiger partial charge in [0.1, 0.15) is 24.2 Å². The first-order valence-electron chi connectivity index (χ1n) is 7.69. The first-order chi connectivity index (χ1) is 12.3. The Bertz CT molecular complexity index is 900. The number of para-hydroxylation sites is 1. The molecule has 25 heavy (non-hydrogen) atoms. The maximum atomic E-state index is 12.5. The number of amides is 1. The lowest BCUT2D eigenvalue weighted by Gasteiger charge is -2.11. The van der Waals surface area contributed by atoms with E-state index in [1.165, 1.54) is 6.20 Å². The van der Waals surface area contributed by atoms with Crippen molar-refractivity contribution in [2.45, 2.75) is 6.61 Å². The molecule has 0 bridgehead atoms. The minimum absolute atomic E-state index is 0.319. The van der Waals surface area contributed by atoms with Gasteiger partial charge in [0.2, 0.25) is 0 Å². The number of aromatic nitrogens is 1. The number of ether oxygens (including phenoxy) is 1. The summed E-state index contributed by atoms with van der Waals surface area (Å²) in [4.78, 5) is 16.5. The van der Waals surface area contributed by atoms with Crippen LogP contribution >= 0.6 is 0 Å². The van der Waals surface area contributed by atoms with Crippen molar-refractivity contribution in [3.8, 4) is 11.8 Å². The van der Waals surface area contributed by atoms with Gasteiger partial charge in [0.05, 0.1) is 11.1 Å². The summed E-state index contributed by atoms with van der Waals surface area (Å²) < 4.78 is 5.79. The normalized spacial score (nSPS) is 9.88. The van der Waals surface area contributed by atoms with Crippen molar-refractivity contribution in [3.05, 3.63) is 89.6 Å². The highest BCUT2D eigenvalue weighted by Crippen LogP contribution is 2.20. The van der Waals surface area contributed by atoms with E-state index in [1.807, 2.05) is 42.5 Å². The molecule has 3 rings (SSSR count). The van der Waals surface area contributed by atoms with E-state index in [2.05, 4.69) is 10.3 Å². The number of rotatable bonds is 5. The highest BCUT2D eigenvalue weighted by Gasteiger charge is 2.13. The molecule has 0 saturated carbocycles. The van der Waals surface area contributed by atoms with E-state index in [-0.39, 0.29) is 5.91 Å². The Hall–Kier alpha value is -3.65. The fraction of sp³-hybridized carbons (Fsp3) is 0.0500. The maximum absolute atomic E-state index is 12.5. The number of nitrogens with zero attached hydrogens (tertiary/aromatic N) is 2. The SMILES string of the molecule is N#Cc1ccc(NC(=O)c2ccccc2OCc2ccccc2)nc1. The Morgan fingerprint density at radius 2 is 1.80 bits per heavy atom. The lowest BCUT2D eigenvalue weighted by Crippen LogP contribution is -2.14. The lowest BCUT2D eigenvalue weighted by atomic mass is 10.2. The number of anilines is 1. The van der Waals surface area contributed by atoms with Gasteiger partial charge in [-0.3, -0.25) is 4.79 Å². The van der Waals surface area contributed by atoms with E-state index in [0.717, 1.165) is 5.56 Å². The number of carbonyl (C=O) groups excluding carboxylic acids is 1. The summed E-state index contributed by atoms with van der Waals surface area (Å²) in [7, 11) is 0. The number of benzene rings is 2. The van der Waals surface area contributed by atoms with Gasteiger partial charge in [0, 0.05) is 6.20 Å². The number of carbonyl (C=O) groups is 1. The van der Waals surface area contributed by atoms with Crippen LogP contribution in [0.5, 0.6) is 5.75 Å². The monoisotopic (exact) mass is 329 g/mol. The van der Waals surface area contributed by atoms with Crippen LogP contribution < -0.4 is 10.1 Å². The van der Waals surface area contributed by atoms with Crippen LogP contribution in [0.4, 0.5) is 5.82 Å². The molecule has 1 N–H and O–H groups in total. The summed E-state index contributed by atoms with van der Waals surface area (Å²) in [6.45, 7) is 0.375. The molecule has 0 unspecified atom stereocenters. The molecule has 0 radical (unpaired) electrons. The molecule has 122 valence electrons. The minimum Gasteiger partial charge on any atom is -0.488 e. The quantitative estimate of drug-likeness (QED) is 0.773. The second-order valence-electron chi connectivity index (χ2n) is 5.27. The van der Waals surface area contributed by atoms with Crippen molar-refractivity contribution in [1.82, 2.24) is 4.98 Å². The first-order valence-corrected chi connectivity index (χ1v) is 7.69. The molecule has 3 aromatic rings. The van der Waals surface area contributed by atoms with Crippen LogP contribution in [0.25, 0.3) is 0 Å². The van der Waals surface area contributed by atoms with Crippen LogP contribution in [0.2, 0.25) is 0 Å². The molecule has 0 saturated heterocycles. The second kappa shape index (κ2) is 7.75. The molecule has 0 aliphatic carbocycles. The molecule has 1 amide bonds. The molecular formula is C20H15N3O2. The van der Waals surface area contributed by atoms with Gasteiger partial charge >= 0.3 is 0 Å². The zero-order chi connectivity index (χ0) is 17.5. The molecule has 1 heterocycles. The van der Waals surface area contributed by atoms with Crippen LogP contribution in [-0.4, -0.2) is 10.9 Å². The number of hydrogen-bond acceptors (Lipinski definition) is 4. The number of nitriles is 1. The highest BCUT2D eigenvalue weighted by molar-refractivity contribution is 6.05. The van der Waals surface area contributed by atoms with Crippen molar-refractivity contribution in [3.63, 3.8) is 0 Å². The predicted molar refractivity (Wildman–Crippen MR) is 94.1 cm³/mol. The van der Waals surface area contributed by atoms with Crippen LogP contribution in [0.3, 0.4) is 0 Å². The van der Waals surface area contributed by atoms with Gasteiger partial charge in [-0.2, -0.15) is 5.26 Å². The zero-order valence-corrected chi connectivity index (χ0v) is 13.3. The summed E-state index contributed by atoms with van der Waals surface area (Å²) in [6.07, 6.45) is 1.41. The molecular weight excluding hydrogens is 314 g/mol. The number of nitrogens with one attached hydrogen (secondary N) is 1. The van der Waals surface area contributed by atoms with E-state index in [4.69, 9.17) is 10.00 Å². The minimum atomic E-state index is -0.319. The third-order valence-corrected chi connectivity index (χ3v) is 3.50. The van der Waals surface area contributed by atoms with Crippen LogP contribution in [0.1, 0.15) is 21.5 Å². The number of pyridine rings is 1. The van der Waals surface area contributed by atoms with Crippen molar-refractivity contribution in [2.24, 2.45) is 0 Å². The maximum Gasteiger partial charge on any atom is 0.260 e. The molecule has 0 atom stereocenters. The molecule has 0 fully saturated rings. The smallest absolute Gasteiger partial charge is 0.260 e. The van der Waals surface area contributed by atoms with E-state index in [1.54, 1.807) is 30.3 Å². The fourth-order valence-corrected chi connectivity index (χ4v) is 2.23. The summed E-state index contributed by atoms with van der Waals surface area (Å²) in [5.74, 6) is 0.556. The molecule has 0 spiro atoms. The standard InChI is InChI=1S/C20H15N3O2/c21-12-16-10-11-19(22-13-16)23-20(24)17-8-4-5-9-18(17)25-14-15-6-2-1-3-7-15/h1-11,13H,14H2,(H,22,23,24). The summed E-state index contributed by atoms with van der Waals surface area (Å²) in [5, 5.41) is 11.5. The summed E-state index contributed by atoms with van der Waals surface area (Å²) in [5.41, 5.74) is 1.88. The Kier molecular flexibility index (Phi) is 5.03. The highest BCUT2D eigenvalue weighted by atomic mass is 16.5. The van der Waals surface area contributed by atoms with Crippen LogP contribution in [0.15, 0.2) is 72.9 Å². The molecule has 5 nitrogen and oxygen atoms in total. The predicted octanol–water partition coefficient (Wildman–Crippen LogP) is 3.78. The van der Waals surface area contributed by atoms with E-state index in [9.17, 15) is 4.79 Å². The van der Waals surface area contributed by atoms with E-state index < -0.39 is 0 Å². The van der Waals surface area contributed by atoms with Gasteiger partial charge in [0.25, 0.3) is 5.91 Å². The average molecular weight is 329 g/mol. The number of hydrogen-bond donors (Lipinski definition) is 1. The topological polar surface area (TPSA) is 75.0 Å². The molecule has 1 aromatic heterocycles. The Balaban J connectivity index is 1.72. The average Bonchev–Trinajstić information content (AvgIpc) is 2.68. The molecule has 0 aliphatic rings. The van der Waals surface area contributed by atoms with Crippen molar-refractivity contribution >= 4 is 11.7 Å². The van der Waals surface area contributed by atoms with Gasteiger partial charge in [0.15, 0.2) is 0 Å². The molecule has 5 heteroatoms. The van der Waals surface area contributed by atoms with E-state index in [0.29, 0.717) is 29.3 Å². The molecule has 0 aliphatic heterocycles. The first kappa shape index (κ1) is 16.2. The largest absolute Gasteiger partial charge is 0.488 e. The molecule has 2 aromatic carbocycles. The Labute approximate surface area is 145 Å². The summed E-state index contributed by atoms with van der Waals surface area (Å²) >= 11 is 0. The second-order valence-corrected chi connectivity index (χ2v) is 5.27. The lowest BCUT2D eigenvalue weighted by molar-refractivity contribution is 0.102. The third kappa shape index (κ3) is 4.21. The zero-order valence-electron chi connectivity index (χ0n) is 13.3. The fourth-order valence-electron chi connectivity index (χ4n) is 2.23. The third-order valence-electron chi connectivity index (χ3n) is 3.50. The van der Waals surface area contributed by atoms with Gasteiger partial charge in [-0.1, -0.05) is 42.5 Å². The van der Waals surface area contributed by atoms with Crippen LogP contribution in [-0.2, 0) is 6.61 Å². The Morgan fingerprint density at radius 1 is 1.04 bits per heavy atom. The van der Waals surface area contributed by atoms with E-state index >= 15 is 0 Å². The Morgan fingerprint density at radius 3 is 2.52 bits per heavy atom. The van der Waals surface area contributed by atoms with Gasteiger partial charge in [-0.05, 0) is 29.8 Å². The van der Waals surface area contributed by atoms with Gasteiger partial charge < -0.3 is 10.1 Å². The van der Waals surface area contributed by atoms with Gasteiger partial charge in [-0.15, -0.1) is 0 Å². The van der Waals surface area contributed by atoms with Crippen molar-refractivity contribution < 1.29 is 9.53 Å². The summed E-state index contributed by atoms with van der Waals surface area (Å²) in [6, 6.07) is 21.9.